The summed E-state index contributed by atoms with van der Waals surface area (Å²) in [5.41, 5.74) is 0. The van der Waals surface area contributed by atoms with E-state index in [0.717, 1.165) is 44.2 Å². The highest BCUT2D eigenvalue weighted by Gasteiger charge is 2.17. The van der Waals surface area contributed by atoms with E-state index in [4.69, 9.17) is 16.7 Å². The van der Waals surface area contributed by atoms with Crippen molar-refractivity contribution in [1.29, 1.82) is 0 Å². The summed E-state index contributed by atoms with van der Waals surface area (Å²) >= 11 is 7.59. The lowest BCUT2D eigenvalue weighted by Crippen LogP contribution is -2.33. The van der Waals surface area contributed by atoms with Crippen LogP contribution in [0.5, 0.6) is 0 Å². The van der Waals surface area contributed by atoms with Crippen LogP contribution < -0.4 is 0 Å². The number of carboxylic acids is 1. The van der Waals surface area contributed by atoms with Crippen LogP contribution in [-0.4, -0.2) is 53.6 Å². The summed E-state index contributed by atoms with van der Waals surface area (Å²) in [4.78, 5) is 16.3. The standard InChI is InChI=1S/C12H17ClN2O2S/c13-10-6-11(18-9-10)7-14-2-1-3-15(5-4-14)8-12(16)17/h6,9H,1-5,7-8H2,(H,16,17). The summed E-state index contributed by atoms with van der Waals surface area (Å²) in [5.74, 6) is -0.742. The summed E-state index contributed by atoms with van der Waals surface area (Å²) < 4.78 is 0. The van der Waals surface area contributed by atoms with E-state index in [1.165, 1.54) is 4.88 Å². The average molecular weight is 289 g/mol. The van der Waals surface area contributed by atoms with Crippen LogP contribution in [0.3, 0.4) is 0 Å². The Morgan fingerprint density at radius 1 is 1.33 bits per heavy atom. The molecule has 0 amide bonds. The minimum Gasteiger partial charge on any atom is -0.480 e. The van der Waals surface area contributed by atoms with Crippen LogP contribution in [0.4, 0.5) is 0 Å². The maximum Gasteiger partial charge on any atom is 0.317 e. The van der Waals surface area contributed by atoms with Gasteiger partial charge in [0.05, 0.1) is 11.6 Å². The van der Waals surface area contributed by atoms with E-state index < -0.39 is 5.97 Å². The number of hydrogen-bond donors (Lipinski definition) is 1. The SMILES string of the molecule is O=C(O)CN1CCCN(Cc2cc(Cl)cs2)CC1. The van der Waals surface area contributed by atoms with Gasteiger partial charge in [0, 0.05) is 36.4 Å². The number of halogens is 1. The van der Waals surface area contributed by atoms with E-state index in [0.29, 0.717) is 0 Å². The van der Waals surface area contributed by atoms with Crippen molar-refractivity contribution in [3.8, 4) is 0 Å². The average Bonchev–Trinajstić information content (AvgIpc) is 2.57. The molecular weight excluding hydrogens is 272 g/mol. The zero-order valence-electron chi connectivity index (χ0n) is 10.1. The first-order valence-corrected chi connectivity index (χ1v) is 7.28. The van der Waals surface area contributed by atoms with Crippen molar-refractivity contribution in [2.75, 3.05) is 32.7 Å². The van der Waals surface area contributed by atoms with Gasteiger partial charge in [0.1, 0.15) is 0 Å². The predicted octanol–water partition coefficient (Wildman–Crippen LogP) is 1.99. The van der Waals surface area contributed by atoms with Crippen molar-refractivity contribution in [2.24, 2.45) is 0 Å². The van der Waals surface area contributed by atoms with Gasteiger partial charge < -0.3 is 5.11 Å². The Hall–Kier alpha value is -0.620. The van der Waals surface area contributed by atoms with Crippen molar-refractivity contribution >= 4 is 28.9 Å². The quantitative estimate of drug-likeness (QED) is 0.920. The molecular formula is C12H17ClN2O2S. The zero-order chi connectivity index (χ0) is 13.0. The first kappa shape index (κ1) is 13.8. The topological polar surface area (TPSA) is 43.8 Å². The number of nitrogens with zero attached hydrogens (tertiary/aromatic N) is 2. The second kappa shape index (κ2) is 6.52. The van der Waals surface area contributed by atoms with Gasteiger partial charge in [-0.3, -0.25) is 14.6 Å². The Morgan fingerprint density at radius 2 is 2.06 bits per heavy atom. The summed E-state index contributed by atoms with van der Waals surface area (Å²) in [6, 6.07) is 2.01. The Morgan fingerprint density at radius 3 is 2.72 bits per heavy atom. The van der Waals surface area contributed by atoms with E-state index in [-0.39, 0.29) is 6.54 Å². The van der Waals surface area contributed by atoms with E-state index in [1.807, 2.05) is 16.3 Å². The molecule has 0 bridgehead atoms. The second-order valence-electron chi connectivity index (χ2n) is 4.53. The number of thiophene rings is 1. The van der Waals surface area contributed by atoms with Crippen LogP contribution in [0.15, 0.2) is 11.4 Å². The molecule has 0 spiro atoms. The Kier molecular flexibility index (Phi) is 5.00. The lowest BCUT2D eigenvalue weighted by atomic mass is 10.3. The largest absolute Gasteiger partial charge is 0.480 e. The predicted molar refractivity (Wildman–Crippen MR) is 73.3 cm³/mol. The van der Waals surface area contributed by atoms with Crippen molar-refractivity contribution in [2.45, 2.75) is 13.0 Å². The summed E-state index contributed by atoms with van der Waals surface area (Å²) in [7, 11) is 0. The van der Waals surface area contributed by atoms with E-state index in [1.54, 1.807) is 11.3 Å². The Labute approximate surface area is 116 Å². The van der Waals surface area contributed by atoms with Crippen LogP contribution >= 0.6 is 22.9 Å². The lowest BCUT2D eigenvalue weighted by Gasteiger charge is -2.20. The smallest absolute Gasteiger partial charge is 0.317 e. The molecule has 0 aromatic carbocycles. The molecule has 0 radical (unpaired) electrons. The van der Waals surface area contributed by atoms with Gasteiger partial charge in [-0.2, -0.15) is 0 Å². The van der Waals surface area contributed by atoms with Gasteiger partial charge >= 0.3 is 5.97 Å². The number of carboxylic acid groups (broad SMARTS) is 1. The van der Waals surface area contributed by atoms with E-state index >= 15 is 0 Å². The number of carbonyl (C=O) groups is 1. The fraction of sp³-hybridized carbons (Fsp3) is 0.583. The molecule has 1 aliphatic rings. The molecule has 2 heterocycles. The van der Waals surface area contributed by atoms with Gasteiger partial charge in [0.15, 0.2) is 0 Å². The minimum absolute atomic E-state index is 0.151. The van der Waals surface area contributed by atoms with E-state index in [2.05, 4.69) is 4.90 Å². The monoisotopic (exact) mass is 288 g/mol. The number of aliphatic carboxylic acids is 1. The molecule has 1 fully saturated rings. The third-order valence-electron chi connectivity index (χ3n) is 3.04. The molecule has 1 aromatic rings. The highest BCUT2D eigenvalue weighted by atomic mass is 35.5. The first-order chi connectivity index (χ1) is 8.63. The summed E-state index contributed by atoms with van der Waals surface area (Å²) in [5, 5.41) is 11.5. The molecule has 4 nitrogen and oxygen atoms in total. The molecule has 1 aromatic heterocycles. The van der Waals surface area contributed by atoms with Gasteiger partial charge in [-0.25, -0.2) is 0 Å². The third-order valence-corrected chi connectivity index (χ3v) is 4.31. The van der Waals surface area contributed by atoms with Crippen LogP contribution in [0, 0.1) is 0 Å². The van der Waals surface area contributed by atoms with Crippen LogP contribution in [0.1, 0.15) is 11.3 Å². The van der Waals surface area contributed by atoms with Gasteiger partial charge in [-0.15, -0.1) is 11.3 Å². The zero-order valence-corrected chi connectivity index (χ0v) is 11.7. The first-order valence-electron chi connectivity index (χ1n) is 6.03. The Balaban J connectivity index is 1.83. The van der Waals surface area contributed by atoms with Gasteiger partial charge in [-0.05, 0) is 19.0 Å². The normalized spacial score (nSPS) is 18.7. The molecule has 1 saturated heterocycles. The molecule has 1 aliphatic heterocycles. The van der Waals surface area contributed by atoms with Crippen molar-refractivity contribution in [3.05, 3.63) is 21.3 Å². The van der Waals surface area contributed by atoms with Crippen molar-refractivity contribution < 1.29 is 9.90 Å². The maximum atomic E-state index is 10.7. The molecule has 18 heavy (non-hydrogen) atoms. The maximum absolute atomic E-state index is 10.7. The summed E-state index contributed by atoms with van der Waals surface area (Å²) in [6.45, 7) is 4.70. The van der Waals surface area contributed by atoms with Crippen LogP contribution in [0.25, 0.3) is 0 Å². The third kappa shape index (κ3) is 4.24. The molecule has 100 valence electrons. The number of rotatable bonds is 4. The molecule has 2 rings (SSSR count). The molecule has 0 unspecified atom stereocenters. The van der Waals surface area contributed by atoms with Crippen LogP contribution in [0.2, 0.25) is 5.02 Å². The van der Waals surface area contributed by atoms with Crippen molar-refractivity contribution in [1.82, 2.24) is 9.80 Å². The second-order valence-corrected chi connectivity index (χ2v) is 5.96. The molecule has 6 heteroatoms. The summed E-state index contributed by atoms with van der Waals surface area (Å²) in [6.07, 6.45) is 1.02. The molecule has 0 aliphatic carbocycles. The van der Waals surface area contributed by atoms with Gasteiger partial charge in [0.25, 0.3) is 0 Å². The Bertz CT molecular complexity index is 411. The molecule has 0 saturated carbocycles. The van der Waals surface area contributed by atoms with E-state index in [9.17, 15) is 4.79 Å². The fourth-order valence-electron chi connectivity index (χ4n) is 2.19. The number of hydrogen-bond acceptors (Lipinski definition) is 4. The van der Waals surface area contributed by atoms with Gasteiger partial charge in [0.2, 0.25) is 0 Å². The lowest BCUT2D eigenvalue weighted by molar-refractivity contribution is -0.138. The highest BCUT2D eigenvalue weighted by Crippen LogP contribution is 2.21. The van der Waals surface area contributed by atoms with Crippen molar-refractivity contribution in [3.63, 3.8) is 0 Å². The molecule has 1 N–H and O–H groups in total. The minimum atomic E-state index is -0.742. The fourth-order valence-corrected chi connectivity index (χ4v) is 3.30. The molecule has 0 atom stereocenters. The highest BCUT2D eigenvalue weighted by molar-refractivity contribution is 7.10. The van der Waals surface area contributed by atoms with Gasteiger partial charge in [-0.1, -0.05) is 11.6 Å². The van der Waals surface area contributed by atoms with Crippen LogP contribution in [-0.2, 0) is 11.3 Å².